The summed E-state index contributed by atoms with van der Waals surface area (Å²) in [6, 6.07) is 7.93. The molecule has 0 heterocycles. The van der Waals surface area contributed by atoms with Gasteiger partial charge in [0.2, 0.25) is 0 Å². The van der Waals surface area contributed by atoms with Gasteiger partial charge in [-0.2, -0.15) is 0 Å². The molecule has 1 unspecified atom stereocenters. The van der Waals surface area contributed by atoms with Crippen LogP contribution in [0.15, 0.2) is 24.3 Å². The average molecular weight is 276 g/mol. The molecule has 0 spiro atoms. The van der Waals surface area contributed by atoms with Crippen LogP contribution in [0.1, 0.15) is 50.8 Å². The minimum absolute atomic E-state index is 0.199. The van der Waals surface area contributed by atoms with Crippen molar-refractivity contribution in [1.29, 1.82) is 0 Å². The molecule has 4 nitrogen and oxygen atoms in total. The smallest absolute Gasteiger partial charge is 0.408 e. The number of nitrogens with two attached hydrogens (primary N) is 1. The summed E-state index contributed by atoms with van der Waals surface area (Å²) in [5.41, 5.74) is 7.73. The lowest BCUT2D eigenvalue weighted by Gasteiger charge is -2.27. The number of hydrogen-bond donors (Lipinski definition) is 2. The van der Waals surface area contributed by atoms with Crippen molar-refractivity contribution in [2.24, 2.45) is 5.73 Å². The van der Waals surface area contributed by atoms with Crippen LogP contribution in [0.25, 0.3) is 0 Å². The number of carbonyl (C=O) groups is 1. The number of benzene rings is 1. The van der Waals surface area contributed by atoms with E-state index in [4.69, 9.17) is 10.5 Å². The monoisotopic (exact) mass is 276 g/mol. The third-order valence-corrected chi connectivity index (χ3v) is 3.57. The maximum absolute atomic E-state index is 11.9. The summed E-state index contributed by atoms with van der Waals surface area (Å²) < 4.78 is 5.31. The van der Waals surface area contributed by atoms with Gasteiger partial charge in [0, 0.05) is 0 Å². The Balaban J connectivity index is 2.04. The topological polar surface area (TPSA) is 64.3 Å². The van der Waals surface area contributed by atoms with E-state index < -0.39 is 11.7 Å². The highest BCUT2D eigenvalue weighted by Crippen LogP contribution is 2.44. The summed E-state index contributed by atoms with van der Waals surface area (Å²) in [6.07, 6.45) is 1.39. The van der Waals surface area contributed by atoms with Crippen molar-refractivity contribution in [3.63, 3.8) is 0 Å². The molecule has 0 aliphatic heterocycles. The molecule has 1 aromatic rings. The van der Waals surface area contributed by atoms with E-state index in [2.05, 4.69) is 5.32 Å². The Morgan fingerprint density at radius 2 is 1.85 bits per heavy atom. The van der Waals surface area contributed by atoms with Crippen molar-refractivity contribution >= 4 is 6.09 Å². The van der Waals surface area contributed by atoms with Crippen molar-refractivity contribution in [3.8, 4) is 0 Å². The Hall–Kier alpha value is -1.55. The third kappa shape index (κ3) is 3.51. The molecule has 1 saturated carbocycles. The minimum atomic E-state index is -0.492. The van der Waals surface area contributed by atoms with Crippen LogP contribution in [-0.4, -0.2) is 17.2 Å². The van der Waals surface area contributed by atoms with Gasteiger partial charge in [-0.3, -0.25) is 0 Å². The average Bonchev–Trinajstić information content (AvgIpc) is 3.07. The summed E-state index contributed by atoms with van der Waals surface area (Å²) in [4.78, 5) is 11.9. The summed E-state index contributed by atoms with van der Waals surface area (Å²) in [5.74, 6) is 0. The lowest BCUT2D eigenvalue weighted by molar-refractivity contribution is 0.0487. The molecule has 0 bridgehead atoms. The number of carbonyl (C=O) groups excluding carboxylic acids is 1. The van der Waals surface area contributed by atoms with Crippen LogP contribution in [-0.2, 0) is 4.74 Å². The van der Waals surface area contributed by atoms with Crippen LogP contribution in [0.3, 0.4) is 0 Å². The van der Waals surface area contributed by atoms with Crippen molar-refractivity contribution in [1.82, 2.24) is 5.32 Å². The number of ether oxygens (including phenoxy) is 1. The van der Waals surface area contributed by atoms with Gasteiger partial charge in [-0.25, -0.2) is 4.79 Å². The lowest BCUT2D eigenvalue weighted by Crippen LogP contribution is -2.46. The predicted octanol–water partition coefficient (Wildman–Crippen LogP) is 3.05. The molecule has 1 atom stereocenters. The Kier molecular flexibility index (Phi) is 3.78. The van der Waals surface area contributed by atoms with Crippen LogP contribution in [0.5, 0.6) is 0 Å². The number of nitrogens with one attached hydrogen (secondary N) is 1. The Morgan fingerprint density at radius 1 is 1.30 bits per heavy atom. The standard InChI is InChI=1S/C16H24N2O2/c1-11-5-7-12(8-6-11)13(17)16(9-10-16)18-14(19)20-15(2,3)4/h5-8,13H,9-10,17H2,1-4H3,(H,18,19). The lowest BCUT2D eigenvalue weighted by atomic mass is 9.97. The van der Waals surface area contributed by atoms with E-state index in [0.29, 0.717) is 0 Å². The van der Waals surface area contributed by atoms with Crippen LogP contribution < -0.4 is 11.1 Å². The molecule has 4 heteroatoms. The van der Waals surface area contributed by atoms with Crippen LogP contribution in [0, 0.1) is 6.92 Å². The van der Waals surface area contributed by atoms with Gasteiger partial charge in [-0.1, -0.05) is 29.8 Å². The molecule has 0 aromatic heterocycles. The van der Waals surface area contributed by atoms with Gasteiger partial charge < -0.3 is 15.8 Å². The predicted molar refractivity (Wildman–Crippen MR) is 79.4 cm³/mol. The van der Waals surface area contributed by atoms with Gasteiger partial charge in [0.1, 0.15) is 5.60 Å². The first-order chi connectivity index (χ1) is 9.22. The maximum Gasteiger partial charge on any atom is 0.408 e. The van der Waals surface area contributed by atoms with E-state index in [9.17, 15) is 4.79 Å². The van der Waals surface area contributed by atoms with E-state index in [1.165, 1.54) is 5.56 Å². The van der Waals surface area contributed by atoms with E-state index in [1.807, 2.05) is 52.0 Å². The van der Waals surface area contributed by atoms with Gasteiger partial charge in [-0.05, 0) is 46.1 Å². The summed E-state index contributed by atoms with van der Waals surface area (Å²) in [6.45, 7) is 7.60. The number of aryl methyl sites for hydroxylation is 1. The molecular weight excluding hydrogens is 252 g/mol. The van der Waals surface area contributed by atoms with Gasteiger partial charge in [0.15, 0.2) is 0 Å². The van der Waals surface area contributed by atoms with Crippen molar-refractivity contribution < 1.29 is 9.53 Å². The fraction of sp³-hybridized carbons (Fsp3) is 0.562. The fourth-order valence-electron chi connectivity index (χ4n) is 2.25. The Bertz CT molecular complexity index is 484. The first-order valence-corrected chi connectivity index (χ1v) is 7.05. The van der Waals surface area contributed by atoms with Gasteiger partial charge in [-0.15, -0.1) is 0 Å². The van der Waals surface area contributed by atoms with E-state index in [1.54, 1.807) is 0 Å². The zero-order chi connectivity index (χ0) is 15.0. The first-order valence-electron chi connectivity index (χ1n) is 7.05. The number of alkyl carbamates (subject to hydrolysis) is 1. The zero-order valence-electron chi connectivity index (χ0n) is 12.7. The minimum Gasteiger partial charge on any atom is -0.444 e. The highest BCUT2D eigenvalue weighted by molar-refractivity contribution is 5.69. The molecule has 1 aliphatic rings. The molecule has 20 heavy (non-hydrogen) atoms. The molecule has 1 aromatic carbocycles. The molecule has 2 rings (SSSR count). The van der Waals surface area contributed by atoms with Gasteiger partial charge in [0.25, 0.3) is 0 Å². The van der Waals surface area contributed by atoms with Crippen LogP contribution >= 0.6 is 0 Å². The van der Waals surface area contributed by atoms with Crippen molar-refractivity contribution in [2.45, 2.75) is 57.7 Å². The zero-order valence-corrected chi connectivity index (χ0v) is 12.7. The van der Waals surface area contributed by atoms with Crippen molar-refractivity contribution in [2.75, 3.05) is 0 Å². The highest BCUT2D eigenvalue weighted by Gasteiger charge is 2.50. The normalized spacial score (nSPS) is 18.2. The molecule has 1 aliphatic carbocycles. The number of amides is 1. The molecule has 1 amide bonds. The first kappa shape index (κ1) is 14.9. The quantitative estimate of drug-likeness (QED) is 0.891. The molecule has 1 fully saturated rings. The molecule has 0 saturated heterocycles. The van der Waals surface area contributed by atoms with Gasteiger partial charge in [0.05, 0.1) is 11.6 Å². The fourth-order valence-corrected chi connectivity index (χ4v) is 2.25. The Morgan fingerprint density at radius 3 is 2.30 bits per heavy atom. The van der Waals surface area contributed by atoms with E-state index in [0.717, 1.165) is 18.4 Å². The highest BCUT2D eigenvalue weighted by atomic mass is 16.6. The largest absolute Gasteiger partial charge is 0.444 e. The second-order valence-electron chi connectivity index (χ2n) is 6.67. The van der Waals surface area contributed by atoms with Crippen molar-refractivity contribution in [3.05, 3.63) is 35.4 Å². The van der Waals surface area contributed by atoms with Gasteiger partial charge >= 0.3 is 6.09 Å². The molecular formula is C16H24N2O2. The maximum atomic E-state index is 11.9. The van der Waals surface area contributed by atoms with Crippen LogP contribution in [0.4, 0.5) is 4.79 Å². The molecule has 110 valence electrons. The Labute approximate surface area is 120 Å². The summed E-state index contributed by atoms with van der Waals surface area (Å²) in [7, 11) is 0. The van der Waals surface area contributed by atoms with Crippen LogP contribution in [0.2, 0.25) is 0 Å². The molecule has 0 radical (unpaired) electrons. The second kappa shape index (κ2) is 5.09. The SMILES string of the molecule is Cc1ccc(C(N)C2(NC(=O)OC(C)(C)C)CC2)cc1. The number of rotatable bonds is 3. The summed E-state index contributed by atoms with van der Waals surface area (Å²) >= 11 is 0. The second-order valence-corrected chi connectivity index (χ2v) is 6.67. The van der Waals surface area contributed by atoms with E-state index >= 15 is 0 Å². The summed E-state index contributed by atoms with van der Waals surface area (Å²) in [5, 5.41) is 2.95. The molecule has 3 N–H and O–H groups in total. The third-order valence-electron chi connectivity index (χ3n) is 3.57. The number of hydrogen-bond acceptors (Lipinski definition) is 3. The van der Waals surface area contributed by atoms with E-state index in [-0.39, 0.29) is 11.6 Å².